The molecule has 7 heteroatoms. The molecule has 1 aromatic rings. The zero-order valence-corrected chi connectivity index (χ0v) is 16.7. The summed E-state index contributed by atoms with van der Waals surface area (Å²) >= 11 is 0. The van der Waals surface area contributed by atoms with E-state index in [1.807, 2.05) is 0 Å². The smallest absolute Gasteiger partial charge is 0.326 e. The lowest BCUT2D eigenvalue weighted by atomic mass is 10.0. The molecule has 1 rings (SSSR count). The molecule has 0 saturated carbocycles. The Balaban J connectivity index is 2.67. The molecule has 1 aromatic carbocycles. The molecule has 0 aliphatic carbocycles. The van der Waals surface area contributed by atoms with Gasteiger partial charge in [0.25, 0.3) is 0 Å². The van der Waals surface area contributed by atoms with Gasteiger partial charge in [-0.3, -0.25) is 9.59 Å². The molecule has 0 aliphatic heterocycles. The minimum absolute atomic E-state index is 0.0541. The fourth-order valence-electron chi connectivity index (χ4n) is 3.00. The van der Waals surface area contributed by atoms with Crippen LogP contribution in [0.4, 0.5) is 4.39 Å². The molecule has 2 amide bonds. The summed E-state index contributed by atoms with van der Waals surface area (Å²) in [6.07, 6.45) is 6.32. The molecule has 0 aliphatic rings. The van der Waals surface area contributed by atoms with Crippen LogP contribution in [0.3, 0.4) is 0 Å². The minimum atomic E-state index is -1.12. The van der Waals surface area contributed by atoms with Gasteiger partial charge in [-0.05, 0) is 18.1 Å². The molecule has 0 radical (unpaired) electrons. The van der Waals surface area contributed by atoms with Gasteiger partial charge in [0, 0.05) is 13.3 Å². The summed E-state index contributed by atoms with van der Waals surface area (Å²) in [5.41, 5.74) is 0.277. The van der Waals surface area contributed by atoms with Gasteiger partial charge in [-0.1, -0.05) is 63.6 Å². The van der Waals surface area contributed by atoms with E-state index < -0.39 is 35.7 Å². The Hall–Kier alpha value is -2.44. The number of hydrogen-bond donors (Lipinski definition) is 3. The predicted molar refractivity (Wildman–Crippen MR) is 105 cm³/mol. The second-order valence-corrected chi connectivity index (χ2v) is 7.00. The van der Waals surface area contributed by atoms with E-state index in [0.29, 0.717) is 12.8 Å². The van der Waals surface area contributed by atoms with Crippen molar-refractivity contribution in [1.29, 1.82) is 0 Å². The summed E-state index contributed by atoms with van der Waals surface area (Å²) in [6, 6.07) is 3.91. The monoisotopic (exact) mass is 394 g/mol. The van der Waals surface area contributed by atoms with Crippen molar-refractivity contribution >= 4 is 17.8 Å². The summed E-state index contributed by atoms with van der Waals surface area (Å²) in [6.45, 7) is 3.38. The molecule has 156 valence electrons. The molecule has 0 saturated heterocycles. The van der Waals surface area contributed by atoms with Crippen LogP contribution >= 0.6 is 0 Å². The van der Waals surface area contributed by atoms with Crippen LogP contribution in [-0.4, -0.2) is 35.0 Å². The van der Waals surface area contributed by atoms with Crippen LogP contribution in [0.5, 0.6) is 0 Å². The van der Waals surface area contributed by atoms with Gasteiger partial charge in [0.05, 0.1) is 0 Å². The predicted octanol–water partition coefficient (Wildman–Crippen LogP) is 3.19. The maximum atomic E-state index is 13.9. The Morgan fingerprint density at radius 3 is 2.25 bits per heavy atom. The highest BCUT2D eigenvalue weighted by Gasteiger charge is 2.26. The molecular formula is C21H31FN2O4. The van der Waals surface area contributed by atoms with Crippen molar-refractivity contribution in [1.82, 2.24) is 10.6 Å². The summed E-state index contributed by atoms with van der Waals surface area (Å²) in [7, 11) is 0. The number of aliphatic carboxylic acids is 1. The Morgan fingerprint density at radius 1 is 1.00 bits per heavy atom. The SMILES string of the molecule is CCCCCCCC[C@H](NC(=O)[C@H](Cc1ccccc1F)NC(C)=O)C(=O)O. The number of amides is 2. The number of unbranched alkanes of at least 4 members (excludes halogenated alkanes) is 5. The van der Waals surface area contributed by atoms with Gasteiger partial charge in [0.2, 0.25) is 11.8 Å². The van der Waals surface area contributed by atoms with E-state index in [9.17, 15) is 23.9 Å². The van der Waals surface area contributed by atoms with Crippen molar-refractivity contribution in [2.45, 2.75) is 77.3 Å². The number of hydrogen-bond acceptors (Lipinski definition) is 3. The van der Waals surface area contributed by atoms with Crippen molar-refractivity contribution in [2.75, 3.05) is 0 Å². The minimum Gasteiger partial charge on any atom is -0.480 e. The van der Waals surface area contributed by atoms with Gasteiger partial charge < -0.3 is 15.7 Å². The van der Waals surface area contributed by atoms with Crippen LogP contribution < -0.4 is 10.6 Å². The van der Waals surface area contributed by atoms with Crippen LogP contribution in [0.2, 0.25) is 0 Å². The molecule has 3 N–H and O–H groups in total. The molecule has 0 aromatic heterocycles. The number of carbonyl (C=O) groups is 3. The first kappa shape index (κ1) is 23.6. The zero-order chi connectivity index (χ0) is 20.9. The van der Waals surface area contributed by atoms with E-state index in [-0.39, 0.29) is 12.0 Å². The zero-order valence-electron chi connectivity index (χ0n) is 16.7. The Bertz CT molecular complexity index is 651. The summed E-state index contributed by atoms with van der Waals surface area (Å²) in [5, 5.41) is 14.4. The third-order valence-electron chi connectivity index (χ3n) is 4.54. The lowest BCUT2D eigenvalue weighted by molar-refractivity contribution is -0.142. The van der Waals surface area contributed by atoms with E-state index in [1.165, 1.54) is 25.1 Å². The molecule has 0 unspecified atom stereocenters. The highest BCUT2D eigenvalue weighted by Crippen LogP contribution is 2.11. The third-order valence-corrected chi connectivity index (χ3v) is 4.54. The number of nitrogens with one attached hydrogen (secondary N) is 2. The first-order valence-corrected chi connectivity index (χ1v) is 9.88. The second kappa shape index (κ2) is 12.9. The van der Waals surface area contributed by atoms with Gasteiger partial charge in [-0.25, -0.2) is 9.18 Å². The van der Waals surface area contributed by atoms with Gasteiger partial charge in [-0.15, -0.1) is 0 Å². The van der Waals surface area contributed by atoms with Crippen molar-refractivity contribution in [3.63, 3.8) is 0 Å². The van der Waals surface area contributed by atoms with Crippen molar-refractivity contribution in [3.05, 3.63) is 35.6 Å². The Labute approximate surface area is 165 Å². The highest BCUT2D eigenvalue weighted by molar-refractivity contribution is 5.90. The van der Waals surface area contributed by atoms with Gasteiger partial charge in [-0.2, -0.15) is 0 Å². The van der Waals surface area contributed by atoms with E-state index in [2.05, 4.69) is 17.6 Å². The van der Waals surface area contributed by atoms with Crippen molar-refractivity contribution < 1.29 is 23.9 Å². The number of rotatable bonds is 13. The molecular weight excluding hydrogens is 363 g/mol. The molecule has 0 bridgehead atoms. The van der Waals surface area contributed by atoms with Gasteiger partial charge in [0.15, 0.2) is 0 Å². The third kappa shape index (κ3) is 8.97. The normalized spacial score (nSPS) is 12.8. The van der Waals surface area contributed by atoms with Crippen LogP contribution in [0.25, 0.3) is 0 Å². The van der Waals surface area contributed by atoms with Crippen LogP contribution in [-0.2, 0) is 20.8 Å². The molecule has 2 atom stereocenters. The van der Waals surface area contributed by atoms with Crippen molar-refractivity contribution in [3.8, 4) is 0 Å². The Morgan fingerprint density at radius 2 is 1.64 bits per heavy atom. The molecule has 6 nitrogen and oxygen atoms in total. The van der Waals surface area contributed by atoms with Gasteiger partial charge in [0.1, 0.15) is 17.9 Å². The largest absolute Gasteiger partial charge is 0.480 e. The second-order valence-electron chi connectivity index (χ2n) is 7.00. The van der Waals surface area contributed by atoms with Crippen LogP contribution in [0, 0.1) is 5.82 Å². The average Bonchev–Trinajstić information content (AvgIpc) is 2.64. The molecule has 0 fully saturated rings. The van der Waals surface area contributed by atoms with E-state index in [4.69, 9.17) is 0 Å². The molecule has 0 spiro atoms. The number of carbonyl (C=O) groups excluding carboxylic acids is 2. The quantitative estimate of drug-likeness (QED) is 0.448. The number of carboxylic acid groups (broad SMARTS) is 1. The number of benzene rings is 1. The maximum Gasteiger partial charge on any atom is 0.326 e. The van der Waals surface area contributed by atoms with E-state index in [1.54, 1.807) is 6.07 Å². The van der Waals surface area contributed by atoms with Gasteiger partial charge >= 0.3 is 5.97 Å². The van der Waals surface area contributed by atoms with Crippen LogP contribution in [0.1, 0.15) is 64.4 Å². The first-order valence-electron chi connectivity index (χ1n) is 9.88. The van der Waals surface area contributed by atoms with E-state index >= 15 is 0 Å². The topological polar surface area (TPSA) is 95.5 Å². The fraction of sp³-hybridized carbons (Fsp3) is 0.571. The summed E-state index contributed by atoms with van der Waals surface area (Å²) < 4.78 is 13.9. The fourth-order valence-corrected chi connectivity index (χ4v) is 3.00. The number of halogens is 1. The van der Waals surface area contributed by atoms with Crippen molar-refractivity contribution in [2.24, 2.45) is 0 Å². The highest BCUT2D eigenvalue weighted by atomic mass is 19.1. The lowest BCUT2D eigenvalue weighted by Gasteiger charge is -2.21. The average molecular weight is 394 g/mol. The summed E-state index contributed by atoms with van der Waals surface area (Å²) in [5.74, 6) is -2.67. The first-order chi connectivity index (χ1) is 13.3. The van der Waals surface area contributed by atoms with Crippen LogP contribution in [0.15, 0.2) is 24.3 Å². The molecule has 0 heterocycles. The lowest BCUT2D eigenvalue weighted by Crippen LogP contribution is -2.52. The van der Waals surface area contributed by atoms with E-state index in [0.717, 1.165) is 32.1 Å². The summed E-state index contributed by atoms with van der Waals surface area (Å²) in [4.78, 5) is 35.5. The maximum absolute atomic E-state index is 13.9. The standard InChI is InChI=1S/C21H31FN2O4/c1-3-4-5-6-7-8-13-18(21(27)28)24-20(26)19(23-15(2)25)14-16-11-9-10-12-17(16)22/h9-12,18-19H,3-8,13-14H2,1-2H3,(H,23,25)(H,24,26)(H,27,28)/t18-,19-/m0/s1. The molecule has 28 heavy (non-hydrogen) atoms. The Kier molecular flexibility index (Phi) is 10.8. The number of carboxylic acids is 1.